The largest absolute Gasteiger partial charge is 0.480 e. The van der Waals surface area contributed by atoms with Crippen molar-refractivity contribution in [2.24, 2.45) is 0 Å². The fraction of sp³-hybridized carbons (Fsp3) is 0.438. The maximum atomic E-state index is 12.9. The summed E-state index contributed by atoms with van der Waals surface area (Å²) in [4.78, 5) is 39.3. The minimum absolute atomic E-state index is 0.0245. The molecular formula is C16H18N2O5. The second-order valence-electron chi connectivity index (χ2n) is 5.73. The summed E-state index contributed by atoms with van der Waals surface area (Å²) in [6.07, 6.45) is 0.0516. The summed E-state index contributed by atoms with van der Waals surface area (Å²) in [5.74, 6) is -2.21. The van der Waals surface area contributed by atoms with Gasteiger partial charge in [-0.05, 0) is 11.6 Å². The van der Waals surface area contributed by atoms with Crippen molar-refractivity contribution >= 4 is 23.5 Å². The Morgan fingerprint density at radius 3 is 2.78 bits per heavy atom. The lowest BCUT2D eigenvalue weighted by Crippen LogP contribution is -2.54. The van der Waals surface area contributed by atoms with Crippen LogP contribution in [0.15, 0.2) is 24.3 Å². The number of ether oxygens (including phenoxy) is 1. The monoisotopic (exact) mass is 318 g/mol. The standard InChI is InChI=1S/C16H18N2O5/c1-17-12-5-3-2-4-10(12)11(8-14(17)19)15(20)18-6-7-23-9-13(18)16(21)22/h2-5,11,13H,6-9H2,1H3,(H,21,22)/t11-,13+/m0/s1. The molecule has 2 aliphatic heterocycles. The topological polar surface area (TPSA) is 87.2 Å². The lowest BCUT2D eigenvalue weighted by atomic mass is 9.88. The molecular weight excluding hydrogens is 300 g/mol. The Kier molecular flexibility index (Phi) is 4.04. The molecule has 7 heteroatoms. The van der Waals surface area contributed by atoms with Crippen LogP contribution >= 0.6 is 0 Å². The second kappa shape index (κ2) is 6.00. The Hall–Kier alpha value is -2.41. The predicted molar refractivity (Wildman–Crippen MR) is 81.2 cm³/mol. The van der Waals surface area contributed by atoms with Crippen LogP contribution in [0.2, 0.25) is 0 Å². The number of amides is 2. The Balaban J connectivity index is 1.94. The number of rotatable bonds is 2. The zero-order valence-corrected chi connectivity index (χ0v) is 12.8. The minimum Gasteiger partial charge on any atom is -0.480 e. The van der Waals surface area contributed by atoms with Crippen LogP contribution < -0.4 is 4.90 Å². The van der Waals surface area contributed by atoms with Gasteiger partial charge in [-0.3, -0.25) is 9.59 Å². The number of carboxylic acids is 1. The van der Waals surface area contributed by atoms with Crippen molar-refractivity contribution in [2.45, 2.75) is 18.4 Å². The van der Waals surface area contributed by atoms with Crippen LogP contribution in [0, 0.1) is 0 Å². The van der Waals surface area contributed by atoms with Gasteiger partial charge in [0, 0.05) is 25.7 Å². The average Bonchev–Trinajstić information content (AvgIpc) is 2.57. The van der Waals surface area contributed by atoms with E-state index in [0.717, 1.165) is 5.56 Å². The smallest absolute Gasteiger partial charge is 0.328 e. The minimum atomic E-state index is -1.09. The molecule has 2 heterocycles. The van der Waals surface area contributed by atoms with Crippen molar-refractivity contribution in [1.29, 1.82) is 0 Å². The van der Waals surface area contributed by atoms with Gasteiger partial charge in [-0.15, -0.1) is 0 Å². The first-order valence-corrected chi connectivity index (χ1v) is 7.47. The van der Waals surface area contributed by atoms with Crippen molar-refractivity contribution in [3.63, 3.8) is 0 Å². The van der Waals surface area contributed by atoms with Gasteiger partial charge >= 0.3 is 5.97 Å². The number of morpholine rings is 1. The van der Waals surface area contributed by atoms with E-state index in [1.54, 1.807) is 13.1 Å². The van der Waals surface area contributed by atoms with E-state index in [9.17, 15) is 19.5 Å². The van der Waals surface area contributed by atoms with E-state index in [1.165, 1.54) is 9.80 Å². The van der Waals surface area contributed by atoms with Gasteiger partial charge < -0.3 is 19.6 Å². The number of nitrogens with zero attached hydrogens (tertiary/aromatic N) is 2. The molecule has 1 aromatic rings. The molecule has 0 unspecified atom stereocenters. The van der Waals surface area contributed by atoms with Crippen molar-refractivity contribution in [2.75, 3.05) is 31.7 Å². The number of hydrogen-bond acceptors (Lipinski definition) is 4. The SMILES string of the molecule is CN1C(=O)C[C@H](C(=O)N2CCOC[C@@H]2C(=O)O)c2ccccc21. The Labute approximate surface area is 133 Å². The number of fused-ring (bicyclic) bond motifs is 1. The summed E-state index contributed by atoms with van der Waals surface area (Å²) in [6.45, 7) is 0.500. The van der Waals surface area contributed by atoms with Crippen molar-refractivity contribution in [3.8, 4) is 0 Å². The lowest BCUT2D eigenvalue weighted by molar-refractivity contribution is -0.159. The summed E-state index contributed by atoms with van der Waals surface area (Å²) in [5, 5.41) is 9.30. The Bertz CT molecular complexity index is 660. The normalized spacial score (nSPS) is 24.3. The summed E-state index contributed by atoms with van der Waals surface area (Å²) < 4.78 is 5.17. The summed E-state index contributed by atoms with van der Waals surface area (Å²) in [5.41, 5.74) is 1.46. The second-order valence-corrected chi connectivity index (χ2v) is 5.73. The fourth-order valence-corrected chi connectivity index (χ4v) is 3.14. The van der Waals surface area contributed by atoms with Crippen molar-refractivity contribution in [3.05, 3.63) is 29.8 Å². The highest BCUT2D eigenvalue weighted by Gasteiger charge is 2.40. The molecule has 1 saturated heterocycles. The van der Waals surface area contributed by atoms with E-state index in [2.05, 4.69) is 0 Å². The molecule has 3 rings (SSSR count). The van der Waals surface area contributed by atoms with Crippen LogP contribution in [-0.4, -0.2) is 60.6 Å². The third kappa shape index (κ3) is 2.68. The van der Waals surface area contributed by atoms with Crippen LogP contribution in [0.5, 0.6) is 0 Å². The molecule has 1 aromatic carbocycles. The van der Waals surface area contributed by atoms with Gasteiger partial charge in [0.15, 0.2) is 6.04 Å². The van der Waals surface area contributed by atoms with E-state index in [0.29, 0.717) is 12.3 Å². The molecule has 0 spiro atoms. The quantitative estimate of drug-likeness (QED) is 0.855. The van der Waals surface area contributed by atoms with Crippen LogP contribution in [0.1, 0.15) is 17.9 Å². The molecule has 2 atom stereocenters. The van der Waals surface area contributed by atoms with Crippen LogP contribution in [0.4, 0.5) is 5.69 Å². The fourth-order valence-electron chi connectivity index (χ4n) is 3.14. The molecule has 0 aliphatic carbocycles. The number of anilines is 1. The molecule has 2 amide bonds. The summed E-state index contributed by atoms with van der Waals surface area (Å²) >= 11 is 0. The molecule has 0 bridgehead atoms. The highest BCUT2D eigenvalue weighted by Crippen LogP contribution is 2.36. The molecule has 2 aliphatic rings. The molecule has 0 aromatic heterocycles. The number of aliphatic carboxylic acids is 1. The average molecular weight is 318 g/mol. The van der Waals surface area contributed by atoms with E-state index < -0.39 is 17.9 Å². The van der Waals surface area contributed by atoms with Crippen LogP contribution in [-0.2, 0) is 19.1 Å². The molecule has 0 radical (unpaired) electrons. The highest BCUT2D eigenvalue weighted by molar-refractivity contribution is 6.03. The van der Waals surface area contributed by atoms with Crippen molar-refractivity contribution < 1.29 is 24.2 Å². The highest BCUT2D eigenvalue weighted by atomic mass is 16.5. The lowest BCUT2D eigenvalue weighted by Gasteiger charge is -2.38. The van der Waals surface area contributed by atoms with E-state index in [4.69, 9.17) is 4.74 Å². The maximum Gasteiger partial charge on any atom is 0.328 e. The zero-order valence-electron chi connectivity index (χ0n) is 12.8. The number of carboxylic acid groups (broad SMARTS) is 1. The summed E-state index contributed by atoms with van der Waals surface area (Å²) in [7, 11) is 1.68. The molecule has 7 nitrogen and oxygen atoms in total. The number of carbonyl (C=O) groups is 3. The van der Waals surface area contributed by atoms with Gasteiger partial charge in [0.2, 0.25) is 11.8 Å². The van der Waals surface area contributed by atoms with E-state index >= 15 is 0 Å². The number of hydrogen-bond donors (Lipinski definition) is 1. The van der Waals surface area contributed by atoms with Gasteiger partial charge in [-0.25, -0.2) is 4.79 Å². The van der Waals surface area contributed by atoms with Gasteiger partial charge in [-0.1, -0.05) is 18.2 Å². The molecule has 1 fully saturated rings. The maximum absolute atomic E-state index is 12.9. The third-order valence-corrected chi connectivity index (χ3v) is 4.42. The molecule has 0 saturated carbocycles. The van der Waals surface area contributed by atoms with Crippen molar-refractivity contribution in [1.82, 2.24) is 4.90 Å². The first-order valence-electron chi connectivity index (χ1n) is 7.47. The van der Waals surface area contributed by atoms with E-state index in [-0.39, 0.29) is 31.4 Å². The molecule has 23 heavy (non-hydrogen) atoms. The van der Waals surface area contributed by atoms with Gasteiger partial charge in [0.25, 0.3) is 0 Å². The van der Waals surface area contributed by atoms with E-state index in [1.807, 2.05) is 18.2 Å². The van der Waals surface area contributed by atoms with Gasteiger partial charge in [0.1, 0.15) is 0 Å². The Morgan fingerprint density at radius 1 is 1.30 bits per heavy atom. The number of benzene rings is 1. The third-order valence-electron chi connectivity index (χ3n) is 4.42. The first kappa shape index (κ1) is 15.5. The zero-order chi connectivity index (χ0) is 16.6. The number of carbonyl (C=O) groups excluding carboxylic acids is 2. The number of para-hydroxylation sites is 1. The first-order chi connectivity index (χ1) is 11.0. The Morgan fingerprint density at radius 2 is 2.04 bits per heavy atom. The van der Waals surface area contributed by atoms with Crippen LogP contribution in [0.25, 0.3) is 0 Å². The van der Waals surface area contributed by atoms with Gasteiger partial charge in [0.05, 0.1) is 19.1 Å². The molecule has 122 valence electrons. The van der Waals surface area contributed by atoms with Crippen LogP contribution in [0.3, 0.4) is 0 Å². The predicted octanol–water partition coefficient (Wildman–Crippen LogP) is 0.449. The van der Waals surface area contributed by atoms with Gasteiger partial charge in [-0.2, -0.15) is 0 Å². The molecule has 1 N–H and O–H groups in total. The summed E-state index contributed by atoms with van der Waals surface area (Å²) in [6, 6.07) is 6.23.